The van der Waals surface area contributed by atoms with E-state index >= 15 is 0 Å². The maximum absolute atomic E-state index is 12.0. The molecule has 1 amide bonds. The van der Waals surface area contributed by atoms with E-state index in [0.29, 0.717) is 11.3 Å². The molecule has 0 saturated carbocycles. The zero-order chi connectivity index (χ0) is 16.8. The fraction of sp³-hybridized carbons (Fsp3) is 0.294. The van der Waals surface area contributed by atoms with Gasteiger partial charge in [-0.3, -0.25) is 4.79 Å². The maximum Gasteiger partial charge on any atom is 0.338 e. The molecule has 0 radical (unpaired) electrons. The van der Waals surface area contributed by atoms with Crippen LogP contribution in [0.15, 0.2) is 35.7 Å². The molecule has 0 bridgehead atoms. The Balaban J connectivity index is 1.87. The van der Waals surface area contributed by atoms with E-state index in [1.165, 1.54) is 7.11 Å². The van der Waals surface area contributed by atoms with Crippen LogP contribution in [-0.4, -0.2) is 25.6 Å². The Morgan fingerprint density at radius 1 is 1.30 bits per heavy atom. The van der Waals surface area contributed by atoms with Gasteiger partial charge in [0.05, 0.1) is 18.7 Å². The summed E-state index contributed by atoms with van der Waals surface area (Å²) in [4.78, 5) is 24.9. The lowest BCUT2D eigenvalue weighted by Gasteiger charge is -2.12. The molecule has 1 aromatic heterocycles. The molecule has 0 aliphatic heterocycles. The lowest BCUT2D eigenvalue weighted by molar-refractivity contribution is -0.124. The van der Waals surface area contributed by atoms with Crippen molar-refractivity contribution >= 4 is 23.2 Å². The van der Waals surface area contributed by atoms with Crippen molar-refractivity contribution in [3.05, 3.63) is 51.7 Å². The number of ether oxygens (including phenoxy) is 2. The van der Waals surface area contributed by atoms with Crippen LogP contribution in [0.25, 0.3) is 0 Å². The van der Waals surface area contributed by atoms with E-state index in [0.717, 1.165) is 10.4 Å². The zero-order valence-corrected chi connectivity index (χ0v) is 14.1. The molecule has 122 valence electrons. The van der Waals surface area contributed by atoms with E-state index in [-0.39, 0.29) is 18.6 Å². The Morgan fingerprint density at radius 3 is 2.74 bits per heavy atom. The van der Waals surface area contributed by atoms with Gasteiger partial charge in [-0.1, -0.05) is 12.1 Å². The Labute approximate surface area is 139 Å². The zero-order valence-electron chi connectivity index (χ0n) is 13.3. The van der Waals surface area contributed by atoms with Crippen LogP contribution in [0, 0.1) is 6.92 Å². The summed E-state index contributed by atoms with van der Waals surface area (Å²) in [6, 6.07) is 8.78. The van der Waals surface area contributed by atoms with E-state index in [9.17, 15) is 9.59 Å². The minimum Gasteiger partial charge on any atom is -0.496 e. The van der Waals surface area contributed by atoms with Crippen molar-refractivity contribution in [2.45, 2.75) is 19.9 Å². The van der Waals surface area contributed by atoms with Crippen LogP contribution in [0.4, 0.5) is 0 Å². The number of thiophene rings is 1. The molecule has 0 aliphatic carbocycles. The number of methoxy groups -OCH3 is 1. The number of esters is 1. The first-order valence-corrected chi connectivity index (χ1v) is 8.03. The lowest BCUT2D eigenvalue weighted by Crippen LogP contribution is -2.30. The molecule has 1 atom stereocenters. The fourth-order valence-electron chi connectivity index (χ4n) is 2.05. The summed E-state index contributed by atoms with van der Waals surface area (Å²) < 4.78 is 10.2. The summed E-state index contributed by atoms with van der Waals surface area (Å²) >= 11 is 1.56. The molecular formula is C17H19NO4S. The summed E-state index contributed by atoms with van der Waals surface area (Å²) in [5, 5.41) is 4.74. The second-order valence-electron chi connectivity index (χ2n) is 5.07. The van der Waals surface area contributed by atoms with Crippen LogP contribution >= 0.6 is 11.3 Å². The number of nitrogens with one attached hydrogen (secondary N) is 1. The third-order valence-corrected chi connectivity index (χ3v) is 4.38. The van der Waals surface area contributed by atoms with Gasteiger partial charge in [-0.25, -0.2) is 4.79 Å². The molecule has 0 spiro atoms. The van der Waals surface area contributed by atoms with Crippen LogP contribution < -0.4 is 10.1 Å². The molecule has 0 unspecified atom stereocenters. The summed E-state index contributed by atoms with van der Waals surface area (Å²) in [5.41, 5.74) is 1.28. The smallest absolute Gasteiger partial charge is 0.338 e. The third kappa shape index (κ3) is 4.56. The molecule has 0 aliphatic rings. The summed E-state index contributed by atoms with van der Waals surface area (Å²) in [7, 11) is 1.54. The van der Waals surface area contributed by atoms with Crippen molar-refractivity contribution in [1.82, 2.24) is 5.32 Å². The van der Waals surface area contributed by atoms with Gasteiger partial charge in [0, 0.05) is 4.88 Å². The van der Waals surface area contributed by atoms with Gasteiger partial charge >= 0.3 is 5.97 Å². The predicted octanol–water partition coefficient (Wildman–Crippen LogP) is 3.10. The van der Waals surface area contributed by atoms with Gasteiger partial charge < -0.3 is 14.8 Å². The summed E-state index contributed by atoms with van der Waals surface area (Å²) in [6.45, 7) is 3.45. The van der Waals surface area contributed by atoms with Crippen molar-refractivity contribution in [3.63, 3.8) is 0 Å². The van der Waals surface area contributed by atoms with Crippen LogP contribution in [0.3, 0.4) is 0 Å². The highest BCUT2D eigenvalue weighted by Crippen LogP contribution is 2.20. The number of rotatable bonds is 6. The number of aryl methyl sites for hydroxylation is 1. The summed E-state index contributed by atoms with van der Waals surface area (Å²) in [5.74, 6) is -0.282. The largest absolute Gasteiger partial charge is 0.496 e. The van der Waals surface area contributed by atoms with E-state index in [1.807, 2.05) is 31.4 Å². The van der Waals surface area contributed by atoms with Crippen LogP contribution in [0.5, 0.6) is 5.75 Å². The molecule has 1 N–H and O–H groups in total. The normalized spacial score (nSPS) is 11.6. The molecule has 2 aromatic rings. The van der Waals surface area contributed by atoms with Gasteiger partial charge in [-0.15, -0.1) is 11.3 Å². The van der Waals surface area contributed by atoms with Gasteiger partial charge in [0.2, 0.25) is 0 Å². The molecule has 1 aromatic carbocycles. The van der Waals surface area contributed by atoms with Gasteiger partial charge in [-0.2, -0.15) is 0 Å². The van der Waals surface area contributed by atoms with Crippen molar-refractivity contribution < 1.29 is 19.1 Å². The van der Waals surface area contributed by atoms with E-state index in [4.69, 9.17) is 9.47 Å². The highest BCUT2D eigenvalue weighted by Gasteiger charge is 2.14. The minimum atomic E-state index is -0.553. The standard InChI is InChI=1S/C17H19NO4S/c1-11-6-7-13(9-14(11)21-3)17(20)22-10-16(19)18-12(2)15-5-4-8-23-15/h4-9,12H,10H2,1-3H3,(H,18,19)/t12-/m1/s1. The predicted molar refractivity (Wildman–Crippen MR) is 88.9 cm³/mol. The molecule has 1 heterocycles. The Kier molecular flexibility index (Phi) is 5.76. The van der Waals surface area contributed by atoms with Crippen molar-refractivity contribution in [2.24, 2.45) is 0 Å². The van der Waals surface area contributed by atoms with Gasteiger partial charge in [-0.05, 0) is 43.0 Å². The molecule has 2 rings (SSSR count). The van der Waals surface area contributed by atoms with Crippen LogP contribution in [-0.2, 0) is 9.53 Å². The molecule has 6 heteroatoms. The average molecular weight is 333 g/mol. The van der Waals surface area contributed by atoms with E-state index in [1.54, 1.807) is 29.5 Å². The highest BCUT2D eigenvalue weighted by atomic mass is 32.1. The second-order valence-corrected chi connectivity index (χ2v) is 6.04. The topological polar surface area (TPSA) is 64.6 Å². The lowest BCUT2D eigenvalue weighted by atomic mass is 10.1. The fourth-order valence-corrected chi connectivity index (χ4v) is 2.79. The number of amides is 1. The van der Waals surface area contributed by atoms with Crippen LogP contribution in [0.2, 0.25) is 0 Å². The van der Waals surface area contributed by atoms with Gasteiger partial charge in [0.1, 0.15) is 5.75 Å². The van der Waals surface area contributed by atoms with Gasteiger partial charge in [0.15, 0.2) is 6.61 Å². The van der Waals surface area contributed by atoms with Crippen molar-refractivity contribution in [2.75, 3.05) is 13.7 Å². The Morgan fingerprint density at radius 2 is 2.09 bits per heavy atom. The number of carbonyl (C=O) groups excluding carboxylic acids is 2. The number of hydrogen-bond acceptors (Lipinski definition) is 5. The number of hydrogen-bond donors (Lipinski definition) is 1. The van der Waals surface area contributed by atoms with Crippen molar-refractivity contribution in [3.8, 4) is 5.75 Å². The Bertz CT molecular complexity index is 682. The monoisotopic (exact) mass is 333 g/mol. The molecule has 5 nitrogen and oxygen atoms in total. The minimum absolute atomic E-state index is 0.110. The van der Waals surface area contributed by atoms with Crippen LogP contribution in [0.1, 0.15) is 33.8 Å². The summed E-state index contributed by atoms with van der Waals surface area (Å²) in [6.07, 6.45) is 0. The maximum atomic E-state index is 12.0. The van der Waals surface area contributed by atoms with E-state index in [2.05, 4.69) is 5.32 Å². The SMILES string of the molecule is COc1cc(C(=O)OCC(=O)N[C@H](C)c2cccs2)ccc1C. The molecular weight excluding hydrogens is 314 g/mol. The highest BCUT2D eigenvalue weighted by molar-refractivity contribution is 7.10. The van der Waals surface area contributed by atoms with Crippen molar-refractivity contribution in [1.29, 1.82) is 0 Å². The second kappa shape index (κ2) is 7.78. The molecule has 0 fully saturated rings. The van der Waals surface area contributed by atoms with E-state index < -0.39 is 5.97 Å². The number of benzene rings is 1. The average Bonchev–Trinajstić information content (AvgIpc) is 3.07. The Hall–Kier alpha value is -2.34. The molecule has 0 saturated heterocycles. The van der Waals surface area contributed by atoms with Gasteiger partial charge in [0.25, 0.3) is 5.91 Å². The molecule has 23 heavy (non-hydrogen) atoms. The third-order valence-electron chi connectivity index (χ3n) is 3.33. The quantitative estimate of drug-likeness (QED) is 0.825. The first-order valence-electron chi connectivity index (χ1n) is 7.15. The first-order chi connectivity index (χ1) is 11.0. The first kappa shape index (κ1) is 17.0. The number of carbonyl (C=O) groups is 2.